The third-order valence-electron chi connectivity index (χ3n) is 6.78. The lowest BCUT2D eigenvalue weighted by Gasteiger charge is -2.41. The number of benzene rings is 1. The molecule has 1 N–H and O–H groups in total. The predicted octanol–water partition coefficient (Wildman–Crippen LogP) is 4.64. The summed E-state index contributed by atoms with van der Waals surface area (Å²) in [6, 6.07) is 13.2. The first kappa shape index (κ1) is 22.7. The largest absolute Gasteiger partial charge is 0.366 e. The van der Waals surface area contributed by atoms with Crippen molar-refractivity contribution in [1.82, 2.24) is 20.1 Å². The molecular weight excluding hydrogens is 414 g/mol. The van der Waals surface area contributed by atoms with Gasteiger partial charge in [0.1, 0.15) is 0 Å². The second-order valence-electron chi connectivity index (χ2n) is 9.79. The summed E-state index contributed by atoms with van der Waals surface area (Å²) in [5.41, 5.74) is 6.21. The molecule has 0 unspecified atom stereocenters. The summed E-state index contributed by atoms with van der Waals surface area (Å²) < 4.78 is 0. The van der Waals surface area contributed by atoms with Gasteiger partial charge in [0.25, 0.3) is 0 Å². The number of likely N-dealkylation sites (N-methyl/N-ethyl adjacent to an activating group) is 1. The molecule has 0 saturated carbocycles. The average molecular weight is 450 g/mol. The second-order valence-corrected chi connectivity index (χ2v) is 10.2. The first-order chi connectivity index (χ1) is 15.2. The minimum atomic E-state index is 0.00376. The number of hydrogen-bond acceptors (Lipinski definition) is 4. The Hall–Kier alpha value is -2.44. The second kappa shape index (κ2) is 8.83. The lowest BCUT2D eigenvalue weighted by molar-refractivity contribution is 0.293. The smallest absolute Gasteiger partial charge is 0.170 e. The standard InChI is InChI=1S/C26H35N5S/c1-18-17-26(2,3)30(6)22-12-11-19(16-20(18)22)24-23(21-10-7-8-13-27-21)28-25(32)31(24)15-9-14-29(4)5/h7-8,10-13,16-17,23-24H,9,14-15H2,1-6H3,(H,28,32)/t23-,24+/m0/s1. The summed E-state index contributed by atoms with van der Waals surface area (Å²) in [6.07, 6.45) is 5.28. The number of rotatable bonds is 6. The Kier molecular flexibility index (Phi) is 6.28. The summed E-state index contributed by atoms with van der Waals surface area (Å²) in [5, 5.41) is 4.39. The Morgan fingerprint density at radius 2 is 1.97 bits per heavy atom. The highest BCUT2D eigenvalue weighted by atomic mass is 32.1. The zero-order chi connectivity index (χ0) is 23.0. The van der Waals surface area contributed by atoms with Gasteiger partial charge in [0, 0.05) is 31.0 Å². The van der Waals surface area contributed by atoms with Crippen LogP contribution in [0.2, 0.25) is 0 Å². The molecule has 0 radical (unpaired) electrons. The van der Waals surface area contributed by atoms with Crippen molar-refractivity contribution in [1.29, 1.82) is 0 Å². The van der Waals surface area contributed by atoms with E-state index in [-0.39, 0.29) is 17.6 Å². The number of anilines is 1. The molecule has 0 bridgehead atoms. The van der Waals surface area contributed by atoms with Crippen LogP contribution in [0, 0.1) is 0 Å². The minimum Gasteiger partial charge on any atom is -0.366 e. The van der Waals surface area contributed by atoms with E-state index in [0.717, 1.165) is 30.3 Å². The molecule has 4 rings (SSSR count). The van der Waals surface area contributed by atoms with E-state index >= 15 is 0 Å². The van der Waals surface area contributed by atoms with Crippen molar-refractivity contribution < 1.29 is 0 Å². The van der Waals surface area contributed by atoms with Gasteiger partial charge in [-0.1, -0.05) is 18.2 Å². The lowest BCUT2D eigenvalue weighted by atomic mass is 9.86. The third kappa shape index (κ3) is 4.26. The van der Waals surface area contributed by atoms with Gasteiger partial charge in [-0.2, -0.15) is 0 Å². The molecule has 2 aliphatic rings. The highest BCUT2D eigenvalue weighted by Gasteiger charge is 2.40. The van der Waals surface area contributed by atoms with Crippen molar-refractivity contribution in [2.75, 3.05) is 39.1 Å². The fourth-order valence-electron chi connectivity index (χ4n) is 4.93. The van der Waals surface area contributed by atoms with Crippen LogP contribution in [0.5, 0.6) is 0 Å². The zero-order valence-electron chi connectivity index (χ0n) is 20.1. The zero-order valence-corrected chi connectivity index (χ0v) is 20.9. The predicted molar refractivity (Wildman–Crippen MR) is 138 cm³/mol. The van der Waals surface area contributed by atoms with Gasteiger partial charge in [-0.25, -0.2) is 0 Å². The van der Waals surface area contributed by atoms with Crippen molar-refractivity contribution in [2.24, 2.45) is 0 Å². The average Bonchev–Trinajstić information content (AvgIpc) is 3.08. The van der Waals surface area contributed by atoms with Crippen LogP contribution in [-0.4, -0.2) is 59.7 Å². The van der Waals surface area contributed by atoms with Crippen LogP contribution in [0.4, 0.5) is 5.69 Å². The van der Waals surface area contributed by atoms with Crippen LogP contribution in [0.15, 0.2) is 48.7 Å². The SMILES string of the molecule is CC1=CC(C)(C)N(C)c2ccc([C@@H]3[C@H](c4ccccn4)NC(=S)N3CCCN(C)C)cc21. The van der Waals surface area contributed by atoms with Crippen LogP contribution in [0.1, 0.15) is 56.1 Å². The van der Waals surface area contributed by atoms with E-state index in [1.54, 1.807) is 0 Å². The number of pyridine rings is 1. The first-order valence-corrected chi connectivity index (χ1v) is 11.8. The Morgan fingerprint density at radius 1 is 1.19 bits per heavy atom. The van der Waals surface area contributed by atoms with Crippen molar-refractivity contribution in [3.63, 3.8) is 0 Å². The number of fused-ring (bicyclic) bond motifs is 1. The van der Waals surface area contributed by atoms with Crippen molar-refractivity contribution >= 4 is 28.6 Å². The van der Waals surface area contributed by atoms with E-state index in [0.29, 0.717) is 0 Å². The highest BCUT2D eigenvalue weighted by molar-refractivity contribution is 7.80. The quantitative estimate of drug-likeness (QED) is 0.648. The molecule has 0 aliphatic carbocycles. The number of thiocarbonyl (C=S) groups is 1. The maximum Gasteiger partial charge on any atom is 0.170 e. The molecule has 0 amide bonds. The molecule has 2 aliphatic heterocycles. The van der Waals surface area contributed by atoms with Crippen molar-refractivity contribution in [3.05, 3.63) is 65.5 Å². The maximum atomic E-state index is 5.82. The van der Waals surface area contributed by atoms with E-state index in [9.17, 15) is 0 Å². The summed E-state index contributed by atoms with van der Waals surface area (Å²) in [5.74, 6) is 0. The highest BCUT2D eigenvalue weighted by Crippen LogP contribution is 2.43. The lowest BCUT2D eigenvalue weighted by Crippen LogP contribution is -2.42. The van der Waals surface area contributed by atoms with Crippen LogP contribution < -0.4 is 10.2 Å². The molecule has 3 heterocycles. The molecule has 1 saturated heterocycles. The summed E-state index contributed by atoms with van der Waals surface area (Å²) >= 11 is 5.82. The molecule has 5 nitrogen and oxygen atoms in total. The van der Waals surface area contributed by atoms with E-state index < -0.39 is 0 Å². The molecule has 170 valence electrons. The summed E-state index contributed by atoms with van der Waals surface area (Å²) in [7, 11) is 6.41. The number of nitrogens with one attached hydrogen (secondary N) is 1. The summed E-state index contributed by atoms with van der Waals surface area (Å²) in [6.45, 7) is 8.69. The molecular formula is C26H35N5S. The number of allylic oxidation sites excluding steroid dienone is 1. The van der Waals surface area contributed by atoms with E-state index in [2.05, 4.69) is 103 Å². The number of aromatic nitrogens is 1. The van der Waals surface area contributed by atoms with Gasteiger partial charge < -0.3 is 20.0 Å². The van der Waals surface area contributed by atoms with Gasteiger partial charge in [-0.3, -0.25) is 4.98 Å². The van der Waals surface area contributed by atoms with Gasteiger partial charge in [0.15, 0.2) is 5.11 Å². The number of nitrogens with zero attached hydrogens (tertiary/aromatic N) is 4. The van der Waals surface area contributed by atoms with Crippen molar-refractivity contribution in [2.45, 2.75) is 44.8 Å². The molecule has 1 fully saturated rings. The third-order valence-corrected chi connectivity index (χ3v) is 7.14. The Balaban J connectivity index is 1.74. The molecule has 2 aromatic rings. The van der Waals surface area contributed by atoms with E-state index in [1.807, 2.05) is 12.3 Å². The fraction of sp³-hybridized carbons (Fsp3) is 0.462. The van der Waals surface area contributed by atoms with Gasteiger partial charge >= 0.3 is 0 Å². The molecule has 0 spiro atoms. The fourth-order valence-corrected chi connectivity index (χ4v) is 5.26. The van der Waals surface area contributed by atoms with Gasteiger partial charge in [0.2, 0.25) is 0 Å². The van der Waals surface area contributed by atoms with Crippen LogP contribution in [-0.2, 0) is 0 Å². The first-order valence-electron chi connectivity index (χ1n) is 11.4. The monoisotopic (exact) mass is 449 g/mol. The van der Waals surface area contributed by atoms with Crippen LogP contribution in [0.25, 0.3) is 5.57 Å². The summed E-state index contributed by atoms with van der Waals surface area (Å²) in [4.78, 5) is 11.6. The molecule has 6 heteroatoms. The Labute approximate surface area is 198 Å². The molecule has 32 heavy (non-hydrogen) atoms. The Bertz CT molecular complexity index is 1010. The molecule has 1 aromatic heterocycles. The van der Waals surface area contributed by atoms with Gasteiger partial charge in [-0.05, 0) is 95.5 Å². The van der Waals surface area contributed by atoms with E-state index in [4.69, 9.17) is 12.2 Å². The minimum absolute atomic E-state index is 0.00376. The van der Waals surface area contributed by atoms with Crippen LogP contribution >= 0.6 is 12.2 Å². The van der Waals surface area contributed by atoms with Gasteiger partial charge in [-0.15, -0.1) is 0 Å². The van der Waals surface area contributed by atoms with Crippen molar-refractivity contribution in [3.8, 4) is 0 Å². The maximum absolute atomic E-state index is 5.82. The Morgan fingerprint density at radius 3 is 2.66 bits per heavy atom. The molecule has 1 aromatic carbocycles. The molecule has 2 atom stereocenters. The van der Waals surface area contributed by atoms with Gasteiger partial charge in [0.05, 0.1) is 23.3 Å². The van der Waals surface area contributed by atoms with Crippen LogP contribution in [0.3, 0.4) is 0 Å². The normalized spacial score (nSPS) is 22.1. The van der Waals surface area contributed by atoms with E-state index in [1.165, 1.54) is 22.4 Å². The topological polar surface area (TPSA) is 34.6 Å². The number of hydrogen-bond donors (Lipinski definition) is 1.